The first-order valence-electron chi connectivity index (χ1n) is 9.10. The van der Waals surface area contributed by atoms with Gasteiger partial charge in [0.2, 0.25) is 0 Å². The Labute approximate surface area is 167 Å². The molecule has 7 nitrogen and oxygen atoms in total. The highest BCUT2D eigenvalue weighted by Gasteiger charge is 2.23. The first kappa shape index (κ1) is 20.1. The molecule has 0 saturated heterocycles. The molecule has 29 heavy (non-hydrogen) atoms. The van der Waals surface area contributed by atoms with Gasteiger partial charge in [0, 0.05) is 6.42 Å². The number of aromatic amines is 1. The predicted molar refractivity (Wildman–Crippen MR) is 107 cm³/mol. The van der Waals surface area contributed by atoms with E-state index in [2.05, 4.69) is 5.10 Å². The lowest BCUT2D eigenvalue weighted by molar-refractivity contribution is -0.139. The van der Waals surface area contributed by atoms with Gasteiger partial charge in [-0.05, 0) is 23.3 Å². The van der Waals surface area contributed by atoms with E-state index in [4.69, 9.17) is 9.47 Å². The molecule has 0 spiro atoms. The van der Waals surface area contributed by atoms with Crippen molar-refractivity contribution in [1.29, 1.82) is 0 Å². The third kappa shape index (κ3) is 4.82. The van der Waals surface area contributed by atoms with Crippen LogP contribution < -0.4 is 10.3 Å². The van der Waals surface area contributed by atoms with Gasteiger partial charge in [-0.1, -0.05) is 42.5 Å². The third-order valence-electron chi connectivity index (χ3n) is 4.54. The van der Waals surface area contributed by atoms with Crippen LogP contribution in [-0.4, -0.2) is 35.8 Å². The molecule has 0 saturated carbocycles. The monoisotopic (exact) mass is 394 g/mol. The molecule has 0 aliphatic rings. The normalized spacial score (nSPS) is 10.6. The molecule has 0 unspecified atom stereocenters. The molecule has 0 radical (unpaired) electrons. The number of Topliss-reactive ketones (excluding diaryl/α,β-unsaturated/α-hetero) is 1. The standard InChI is InChI=1S/C22H22N2O5/c1-28-17-10-6-9-16(11-17)12-19(25)21-18(13-20(26)29-2)23-24(22(21)27)14-15-7-4-3-5-8-15/h3-11,23H,12-14H2,1-2H3. The maximum Gasteiger partial charge on any atom is 0.311 e. The first-order chi connectivity index (χ1) is 14.0. The second kappa shape index (κ2) is 9.05. The van der Waals surface area contributed by atoms with Gasteiger partial charge in [0.05, 0.1) is 32.9 Å². The summed E-state index contributed by atoms with van der Waals surface area (Å²) < 4.78 is 11.2. The van der Waals surface area contributed by atoms with Crippen molar-refractivity contribution in [2.24, 2.45) is 0 Å². The maximum atomic E-state index is 13.0. The number of aromatic nitrogens is 2. The van der Waals surface area contributed by atoms with Crippen LogP contribution in [0.1, 0.15) is 27.2 Å². The van der Waals surface area contributed by atoms with E-state index >= 15 is 0 Å². The number of methoxy groups -OCH3 is 2. The summed E-state index contributed by atoms with van der Waals surface area (Å²) in [5.74, 6) is -0.278. The van der Waals surface area contributed by atoms with Gasteiger partial charge in [-0.2, -0.15) is 0 Å². The number of hydrogen-bond acceptors (Lipinski definition) is 5. The smallest absolute Gasteiger partial charge is 0.311 e. The van der Waals surface area contributed by atoms with E-state index in [0.717, 1.165) is 5.56 Å². The van der Waals surface area contributed by atoms with E-state index in [1.165, 1.54) is 11.8 Å². The van der Waals surface area contributed by atoms with Gasteiger partial charge < -0.3 is 9.47 Å². The lowest BCUT2D eigenvalue weighted by Crippen LogP contribution is -2.23. The second-order valence-electron chi connectivity index (χ2n) is 6.55. The van der Waals surface area contributed by atoms with E-state index in [9.17, 15) is 14.4 Å². The Kier molecular flexibility index (Phi) is 6.29. The van der Waals surface area contributed by atoms with Crippen LogP contribution in [-0.2, 0) is 28.9 Å². The van der Waals surface area contributed by atoms with Crippen LogP contribution in [0.25, 0.3) is 0 Å². The summed E-state index contributed by atoms with van der Waals surface area (Å²) in [6.45, 7) is 0.264. The summed E-state index contributed by atoms with van der Waals surface area (Å²) in [4.78, 5) is 37.7. The number of benzene rings is 2. The molecule has 0 aliphatic carbocycles. The zero-order valence-electron chi connectivity index (χ0n) is 16.3. The molecule has 3 rings (SSSR count). The molecule has 2 aromatic carbocycles. The number of rotatable bonds is 8. The van der Waals surface area contributed by atoms with Crippen molar-refractivity contribution < 1.29 is 19.1 Å². The van der Waals surface area contributed by atoms with Gasteiger partial charge in [0.1, 0.15) is 11.3 Å². The van der Waals surface area contributed by atoms with E-state index in [0.29, 0.717) is 11.3 Å². The number of ketones is 1. The molecule has 1 aromatic heterocycles. The Balaban J connectivity index is 1.94. The molecule has 1 heterocycles. The summed E-state index contributed by atoms with van der Waals surface area (Å²) in [5, 5.41) is 2.91. The summed E-state index contributed by atoms with van der Waals surface area (Å²) in [7, 11) is 2.81. The topological polar surface area (TPSA) is 90.4 Å². The molecule has 0 atom stereocenters. The lowest BCUT2D eigenvalue weighted by Gasteiger charge is -2.04. The molecular weight excluding hydrogens is 372 g/mol. The fraction of sp³-hybridized carbons (Fsp3) is 0.227. The van der Waals surface area contributed by atoms with Crippen LogP contribution in [0.4, 0.5) is 0 Å². The molecule has 150 valence electrons. The molecule has 0 aliphatic heterocycles. The number of carbonyl (C=O) groups excluding carboxylic acids is 2. The van der Waals surface area contributed by atoms with E-state index < -0.39 is 11.5 Å². The summed E-state index contributed by atoms with van der Waals surface area (Å²) in [5.41, 5.74) is 1.39. The largest absolute Gasteiger partial charge is 0.497 e. The number of esters is 1. The van der Waals surface area contributed by atoms with Gasteiger partial charge in [-0.15, -0.1) is 0 Å². The second-order valence-corrected chi connectivity index (χ2v) is 6.55. The van der Waals surface area contributed by atoms with Crippen molar-refractivity contribution in [1.82, 2.24) is 9.78 Å². The van der Waals surface area contributed by atoms with Crippen molar-refractivity contribution in [2.75, 3.05) is 14.2 Å². The summed E-state index contributed by atoms with van der Waals surface area (Å²) >= 11 is 0. The van der Waals surface area contributed by atoms with Crippen molar-refractivity contribution >= 4 is 11.8 Å². The highest BCUT2D eigenvalue weighted by Crippen LogP contribution is 2.16. The lowest BCUT2D eigenvalue weighted by atomic mass is 10.0. The maximum absolute atomic E-state index is 13.0. The van der Waals surface area contributed by atoms with Crippen LogP contribution in [0.2, 0.25) is 0 Å². The zero-order chi connectivity index (χ0) is 20.8. The number of nitrogens with zero attached hydrogens (tertiary/aromatic N) is 1. The van der Waals surface area contributed by atoms with E-state index in [-0.39, 0.29) is 36.4 Å². The number of nitrogens with one attached hydrogen (secondary N) is 1. The van der Waals surface area contributed by atoms with E-state index in [1.54, 1.807) is 31.4 Å². The molecule has 7 heteroatoms. The van der Waals surface area contributed by atoms with Gasteiger partial charge in [0.15, 0.2) is 5.78 Å². The fourth-order valence-corrected chi connectivity index (χ4v) is 3.10. The van der Waals surface area contributed by atoms with Crippen LogP contribution >= 0.6 is 0 Å². The minimum absolute atomic E-state index is 0.0177. The van der Waals surface area contributed by atoms with E-state index in [1.807, 2.05) is 30.3 Å². The van der Waals surface area contributed by atoms with Crippen molar-refractivity contribution in [3.05, 3.63) is 87.3 Å². The highest BCUT2D eigenvalue weighted by molar-refractivity contribution is 5.99. The summed E-state index contributed by atoms with van der Waals surface area (Å²) in [6.07, 6.45) is -0.170. The van der Waals surface area contributed by atoms with Crippen molar-refractivity contribution in [2.45, 2.75) is 19.4 Å². The van der Waals surface area contributed by atoms with Gasteiger partial charge in [-0.25, -0.2) is 4.68 Å². The Bertz CT molecular complexity index is 1070. The average molecular weight is 394 g/mol. The zero-order valence-corrected chi connectivity index (χ0v) is 16.3. The summed E-state index contributed by atoms with van der Waals surface area (Å²) in [6, 6.07) is 16.5. The third-order valence-corrected chi connectivity index (χ3v) is 4.54. The molecule has 0 amide bonds. The Morgan fingerprint density at radius 2 is 1.69 bits per heavy atom. The molecule has 0 fully saturated rings. The van der Waals surface area contributed by atoms with Gasteiger partial charge in [0.25, 0.3) is 5.56 Å². The van der Waals surface area contributed by atoms with Crippen molar-refractivity contribution in [3.8, 4) is 5.75 Å². The van der Waals surface area contributed by atoms with Crippen LogP contribution in [0.5, 0.6) is 5.75 Å². The van der Waals surface area contributed by atoms with Gasteiger partial charge >= 0.3 is 5.97 Å². The Morgan fingerprint density at radius 1 is 0.966 bits per heavy atom. The SMILES string of the molecule is COC(=O)Cc1[nH]n(Cc2ccccc2)c(=O)c1C(=O)Cc1cccc(OC)c1. The quantitative estimate of drug-likeness (QED) is 0.468. The van der Waals surface area contributed by atoms with Crippen molar-refractivity contribution in [3.63, 3.8) is 0 Å². The molecule has 1 N–H and O–H groups in total. The number of H-pyrrole nitrogens is 1. The van der Waals surface area contributed by atoms with Crippen LogP contribution in [0.15, 0.2) is 59.4 Å². The predicted octanol–water partition coefficient (Wildman–Crippen LogP) is 2.37. The molecular formula is C22H22N2O5. The number of carbonyl (C=O) groups is 2. The first-order valence-corrected chi connectivity index (χ1v) is 9.10. The molecule has 0 bridgehead atoms. The Morgan fingerprint density at radius 3 is 2.38 bits per heavy atom. The fourth-order valence-electron chi connectivity index (χ4n) is 3.10. The van der Waals surface area contributed by atoms with Gasteiger partial charge in [-0.3, -0.25) is 19.5 Å². The van der Waals surface area contributed by atoms with Crippen LogP contribution in [0, 0.1) is 0 Å². The average Bonchev–Trinajstić information content (AvgIpc) is 3.03. The number of ether oxygens (including phenoxy) is 2. The minimum Gasteiger partial charge on any atom is -0.497 e. The Hall–Kier alpha value is -3.61. The number of hydrogen-bond donors (Lipinski definition) is 1. The highest BCUT2D eigenvalue weighted by atomic mass is 16.5. The van der Waals surface area contributed by atoms with Crippen LogP contribution in [0.3, 0.4) is 0 Å². The minimum atomic E-state index is -0.534. The molecule has 3 aromatic rings.